The maximum absolute atomic E-state index is 12.5. The molecule has 0 aromatic heterocycles. The minimum atomic E-state index is -0.492. The average molecular weight is 294 g/mol. The van der Waals surface area contributed by atoms with Crippen LogP contribution in [0.15, 0.2) is 4.99 Å². The highest BCUT2D eigenvalue weighted by Gasteiger charge is 2.54. The van der Waals surface area contributed by atoms with Gasteiger partial charge in [-0.1, -0.05) is 18.8 Å². The van der Waals surface area contributed by atoms with E-state index >= 15 is 0 Å². The first-order valence-electron chi connectivity index (χ1n) is 7.20. The molecule has 2 heterocycles. The average Bonchev–Trinajstić information content (AvgIpc) is 2.80. The molecule has 0 aromatic carbocycles. The van der Waals surface area contributed by atoms with Crippen LogP contribution in [0.4, 0.5) is 4.79 Å². The Morgan fingerprint density at radius 2 is 1.81 bits per heavy atom. The quantitative estimate of drug-likeness (QED) is 0.702. The summed E-state index contributed by atoms with van der Waals surface area (Å²) in [5.74, 6) is 1.58. The normalized spacial score (nSPS) is 22.2. The number of hydrogen-bond donors (Lipinski definition) is 0. The Morgan fingerprint density at radius 1 is 1.19 bits per heavy atom. The van der Waals surface area contributed by atoms with Gasteiger partial charge in [-0.25, -0.2) is 9.69 Å². The van der Waals surface area contributed by atoms with E-state index in [0.717, 1.165) is 18.9 Å². The van der Waals surface area contributed by atoms with Gasteiger partial charge in [-0.3, -0.25) is 19.2 Å². The Morgan fingerprint density at radius 3 is 2.33 bits per heavy atom. The second-order valence-electron chi connectivity index (χ2n) is 6.18. The van der Waals surface area contributed by atoms with E-state index < -0.39 is 6.04 Å². The lowest BCUT2D eigenvalue weighted by Gasteiger charge is -2.33. The van der Waals surface area contributed by atoms with Gasteiger partial charge in [0.15, 0.2) is 0 Å². The zero-order valence-corrected chi connectivity index (χ0v) is 13.6. The van der Waals surface area contributed by atoms with Crippen molar-refractivity contribution in [3.05, 3.63) is 0 Å². The molecule has 1 atom stereocenters. The summed E-state index contributed by atoms with van der Waals surface area (Å²) in [6.45, 7) is 5.04. The Kier molecular flexibility index (Phi) is 4.02. The lowest BCUT2D eigenvalue weighted by molar-refractivity contribution is -0.470. The number of likely N-dealkylation sites (N-methyl/N-ethyl adjacent to an activating group) is 2. The van der Waals surface area contributed by atoms with Gasteiger partial charge in [0.2, 0.25) is 11.9 Å². The monoisotopic (exact) mass is 294 g/mol. The molecular formula is C14H24N5O2+. The van der Waals surface area contributed by atoms with Gasteiger partial charge < -0.3 is 0 Å². The SMILES string of the molecule is CC(C)CCN1C(=[N+](C)C)N=C2C1C(=O)N(C)C(=O)N2C. The summed E-state index contributed by atoms with van der Waals surface area (Å²) in [4.78, 5) is 33.7. The van der Waals surface area contributed by atoms with Crippen molar-refractivity contribution in [3.63, 3.8) is 0 Å². The van der Waals surface area contributed by atoms with Crippen molar-refractivity contribution in [2.75, 3.05) is 34.7 Å². The number of carbonyl (C=O) groups is 2. The van der Waals surface area contributed by atoms with Gasteiger partial charge in [0.1, 0.15) is 0 Å². The fraction of sp³-hybridized carbons (Fsp3) is 0.714. The van der Waals surface area contributed by atoms with E-state index in [-0.39, 0.29) is 11.9 Å². The second kappa shape index (κ2) is 5.46. The fourth-order valence-electron chi connectivity index (χ4n) is 2.57. The number of amidine groups is 1. The van der Waals surface area contributed by atoms with Gasteiger partial charge in [0.05, 0.1) is 20.6 Å². The molecule has 0 radical (unpaired) electrons. The van der Waals surface area contributed by atoms with Crippen molar-refractivity contribution in [3.8, 4) is 0 Å². The molecule has 0 spiro atoms. The van der Waals surface area contributed by atoms with Crippen LogP contribution < -0.4 is 0 Å². The number of hydrogen-bond acceptors (Lipinski definition) is 2. The molecule has 0 bridgehead atoms. The number of fused-ring (bicyclic) bond motifs is 1. The third-order valence-corrected chi connectivity index (χ3v) is 3.86. The number of nitrogens with zero attached hydrogens (tertiary/aromatic N) is 5. The molecule has 1 saturated heterocycles. The van der Waals surface area contributed by atoms with E-state index in [0.29, 0.717) is 11.8 Å². The van der Waals surface area contributed by atoms with Crippen LogP contribution in [0, 0.1) is 5.92 Å². The van der Waals surface area contributed by atoms with E-state index in [4.69, 9.17) is 0 Å². The maximum atomic E-state index is 12.5. The van der Waals surface area contributed by atoms with E-state index in [2.05, 4.69) is 18.8 Å². The minimum absolute atomic E-state index is 0.211. The third kappa shape index (κ3) is 2.52. The Labute approximate surface area is 125 Å². The largest absolute Gasteiger partial charge is 0.391 e. The van der Waals surface area contributed by atoms with Gasteiger partial charge in [-0.05, 0) is 12.3 Å². The van der Waals surface area contributed by atoms with Crippen LogP contribution >= 0.6 is 0 Å². The van der Waals surface area contributed by atoms with Crippen LogP contribution in [-0.4, -0.2) is 83.8 Å². The molecule has 0 aromatic rings. The zero-order chi connectivity index (χ0) is 15.9. The number of urea groups is 1. The predicted molar refractivity (Wildman–Crippen MR) is 80.4 cm³/mol. The van der Waals surface area contributed by atoms with Crippen molar-refractivity contribution < 1.29 is 14.2 Å². The number of imide groups is 1. The molecule has 2 aliphatic rings. The summed E-state index contributed by atoms with van der Waals surface area (Å²) in [6, 6.07) is -0.826. The van der Waals surface area contributed by atoms with Gasteiger partial charge in [0.25, 0.3) is 5.91 Å². The molecule has 116 valence electrons. The molecular weight excluding hydrogens is 270 g/mol. The number of carbonyl (C=O) groups excluding carboxylic acids is 2. The van der Waals surface area contributed by atoms with Gasteiger partial charge >= 0.3 is 12.0 Å². The van der Waals surface area contributed by atoms with Crippen LogP contribution in [0.5, 0.6) is 0 Å². The van der Waals surface area contributed by atoms with Gasteiger partial charge in [-0.2, -0.15) is 0 Å². The van der Waals surface area contributed by atoms with Crippen molar-refractivity contribution in [2.24, 2.45) is 10.9 Å². The molecule has 7 nitrogen and oxygen atoms in total. The van der Waals surface area contributed by atoms with E-state index in [1.165, 1.54) is 16.8 Å². The maximum Gasteiger partial charge on any atom is 0.391 e. The second-order valence-corrected chi connectivity index (χ2v) is 6.18. The van der Waals surface area contributed by atoms with Crippen molar-refractivity contribution in [1.29, 1.82) is 0 Å². The first-order valence-corrected chi connectivity index (χ1v) is 7.20. The van der Waals surface area contributed by atoms with E-state index in [1.807, 2.05) is 23.6 Å². The summed E-state index contributed by atoms with van der Waals surface area (Å²) < 4.78 is 1.89. The summed E-state index contributed by atoms with van der Waals surface area (Å²) in [7, 11) is 6.98. The molecule has 0 N–H and O–H groups in total. The van der Waals surface area contributed by atoms with E-state index in [1.54, 1.807) is 7.05 Å². The van der Waals surface area contributed by atoms with Crippen molar-refractivity contribution in [2.45, 2.75) is 26.3 Å². The number of guanidine groups is 1. The van der Waals surface area contributed by atoms with E-state index in [9.17, 15) is 9.59 Å². The Bertz CT molecular complexity index is 533. The number of aliphatic imine (C=N–C) groups is 1. The standard InChI is InChI=1S/C14H24N5O2/c1-9(2)7-8-19-10-11(15-13(19)16(3)4)17(5)14(21)18(6)12(10)20/h9-10H,7-8H2,1-6H3/q+1. The molecule has 1 unspecified atom stereocenters. The van der Waals surface area contributed by atoms with Crippen LogP contribution in [0.2, 0.25) is 0 Å². The highest BCUT2D eigenvalue weighted by Crippen LogP contribution is 2.23. The van der Waals surface area contributed by atoms with Crippen LogP contribution in [-0.2, 0) is 4.79 Å². The summed E-state index contributed by atoms with van der Waals surface area (Å²) in [5.41, 5.74) is 0. The summed E-state index contributed by atoms with van der Waals surface area (Å²) in [5, 5.41) is 0. The number of rotatable bonds is 3. The lowest BCUT2D eigenvalue weighted by atomic mass is 10.1. The number of amides is 3. The molecule has 0 saturated carbocycles. The first-order chi connectivity index (χ1) is 9.75. The molecule has 3 amide bonds. The summed E-state index contributed by atoms with van der Waals surface area (Å²) in [6.07, 6.45) is 0.964. The van der Waals surface area contributed by atoms with Crippen molar-refractivity contribution >= 4 is 23.7 Å². The van der Waals surface area contributed by atoms with Crippen LogP contribution in [0.25, 0.3) is 0 Å². The fourth-order valence-corrected chi connectivity index (χ4v) is 2.57. The molecule has 0 aliphatic carbocycles. The molecule has 21 heavy (non-hydrogen) atoms. The molecule has 2 aliphatic heterocycles. The minimum Gasteiger partial charge on any atom is -0.270 e. The Balaban J connectivity index is 2.40. The predicted octanol–water partition coefficient (Wildman–Crippen LogP) is 0.267. The van der Waals surface area contributed by atoms with Crippen LogP contribution in [0.1, 0.15) is 20.3 Å². The molecule has 1 fully saturated rings. The molecule has 2 rings (SSSR count). The smallest absolute Gasteiger partial charge is 0.270 e. The highest BCUT2D eigenvalue weighted by atomic mass is 16.2. The van der Waals surface area contributed by atoms with Gasteiger partial charge in [0, 0.05) is 14.1 Å². The topological polar surface area (TPSA) is 59.2 Å². The highest BCUT2D eigenvalue weighted by molar-refractivity contribution is 6.25. The first kappa shape index (κ1) is 15.5. The van der Waals surface area contributed by atoms with Gasteiger partial charge in [-0.15, -0.1) is 0 Å². The summed E-state index contributed by atoms with van der Waals surface area (Å²) >= 11 is 0. The zero-order valence-electron chi connectivity index (χ0n) is 13.6. The molecule has 7 heteroatoms. The lowest BCUT2D eigenvalue weighted by Crippen LogP contribution is -2.62. The Hall–Kier alpha value is -1.92. The van der Waals surface area contributed by atoms with Crippen LogP contribution in [0.3, 0.4) is 0 Å². The van der Waals surface area contributed by atoms with Crippen molar-refractivity contribution in [1.82, 2.24) is 14.7 Å². The third-order valence-electron chi connectivity index (χ3n) is 3.86.